The molecule has 2 aromatic rings. The average molecular weight is 574 g/mol. The molecule has 226 valence electrons. The predicted octanol–water partition coefficient (Wildman–Crippen LogP) is 5.74. The topological polar surface area (TPSA) is 80.1 Å². The Hall–Kier alpha value is -3.57. The Morgan fingerprint density at radius 1 is 0.976 bits per heavy atom. The van der Waals surface area contributed by atoms with Crippen molar-refractivity contribution in [2.45, 2.75) is 70.8 Å². The van der Waals surface area contributed by atoms with Gasteiger partial charge >= 0.3 is 6.09 Å². The fraction of sp³-hybridized carbons (Fsp3) is 0.559. The Bertz CT molecular complexity index is 1250. The SMILES string of the molecule is Cc1ccc(N(CCCCC(=O)N2CCC(C#N)(c3ccccc3)CC2)C(=O)OC(C)(C)C)c(N2CCN(C)CC2)c1. The number of unbranched alkanes of at least 4 members (excludes halogenated alkanes) is 1. The summed E-state index contributed by atoms with van der Waals surface area (Å²) in [5.41, 5.74) is 2.96. The van der Waals surface area contributed by atoms with Gasteiger partial charge in [-0.2, -0.15) is 5.26 Å². The minimum atomic E-state index is -0.614. The van der Waals surface area contributed by atoms with Crippen molar-refractivity contribution < 1.29 is 14.3 Å². The van der Waals surface area contributed by atoms with Gasteiger partial charge in [0, 0.05) is 52.2 Å². The second kappa shape index (κ2) is 13.6. The number of piperidine rings is 1. The third kappa shape index (κ3) is 7.83. The van der Waals surface area contributed by atoms with Crippen LogP contribution in [0.1, 0.15) is 64.0 Å². The molecule has 0 bridgehead atoms. The standard InChI is InChI=1S/C34H47N5O3/c1-27-14-15-29(30(25-27)37-23-21-36(5)22-24-37)39(32(41)42-33(2,3)4)18-10-9-13-31(40)38-19-16-34(26-35,17-20-38)28-11-7-6-8-12-28/h6-8,11-12,14-15,25H,9-10,13,16-24H2,1-5H3. The third-order valence-corrected chi connectivity index (χ3v) is 8.41. The highest BCUT2D eigenvalue weighted by Gasteiger charge is 2.37. The number of carbonyl (C=O) groups is 2. The van der Waals surface area contributed by atoms with Gasteiger partial charge in [0.25, 0.3) is 0 Å². The molecule has 8 nitrogen and oxygen atoms in total. The normalized spacial score (nSPS) is 17.4. The number of anilines is 2. The summed E-state index contributed by atoms with van der Waals surface area (Å²) in [4.78, 5) is 34.9. The van der Waals surface area contributed by atoms with Crippen LogP contribution in [0.5, 0.6) is 0 Å². The van der Waals surface area contributed by atoms with Gasteiger partial charge in [0.2, 0.25) is 5.91 Å². The van der Waals surface area contributed by atoms with Crippen molar-refractivity contribution in [3.05, 3.63) is 59.7 Å². The van der Waals surface area contributed by atoms with Crippen molar-refractivity contribution in [2.24, 2.45) is 0 Å². The molecule has 2 fully saturated rings. The first-order valence-corrected chi connectivity index (χ1v) is 15.3. The number of hydrogen-bond donors (Lipinski definition) is 0. The summed E-state index contributed by atoms with van der Waals surface area (Å²) in [7, 11) is 2.13. The fourth-order valence-electron chi connectivity index (χ4n) is 5.85. The number of rotatable bonds is 8. The largest absolute Gasteiger partial charge is 0.443 e. The molecule has 0 N–H and O–H groups in total. The Kier molecular flexibility index (Phi) is 10.2. The van der Waals surface area contributed by atoms with Gasteiger partial charge in [-0.15, -0.1) is 0 Å². The summed E-state index contributed by atoms with van der Waals surface area (Å²) in [6.07, 6.45) is 2.71. The smallest absolute Gasteiger partial charge is 0.414 e. The number of piperazine rings is 1. The van der Waals surface area contributed by atoms with E-state index in [-0.39, 0.29) is 12.0 Å². The number of likely N-dealkylation sites (N-methyl/N-ethyl adjacent to an activating group) is 1. The highest BCUT2D eigenvalue weighted by molar-refractivity contribution is 5.93. The number of carbonyl (C=O) groups excluding carboxylic acids is 2. The summed E-state index contributed by atoms with van der Waals surface area (Å²) < 4.78 is 5.84. The monoisotopic (exact) mass is 573 g/mol. The van der Waals surface area contributed by atoms with E-state index in [1.54, 1.807) is 4.90 Å². The van der Waals surface area contributed by atoms with Crippen LogP contribution in [0.4, 0.5) is 16.2 Å². The van der Waals surface area contributed by atoms with Crippen molar-refractivity contribution in [1.29, 1.82) is 5.26 Å². The Labute approximate surface area is 251 Å². The highest BCUT2D eigenvalue weighted by atomic mass is 16.6. The molecule has 2 aliphatic rings. The molecule has 0 aromatic heterocycles. The average Bonchev–Trinajstić information content (AvgIpc) is 2.97. The summed E-state index contributed by atoms with van der Waals surface area (Å²) >= 11 is 0. The van der Waals surface area contributed by atoms with E-state index in [2.05, 4.69) is 35.9 Å². The van der Waals surface area contributed by atoms with Crippen LogP contribution in [0.15, 0.2) is 48.5 Å². The van der Waals surface area contributed by atoms with Crippen LogP contribution in [0.2, 0.25) is 0 Å². The lowest BCUT2D eigenvalue weighted by Gasteiger charge is -2.38. The van der Waals surface area contributed by atoms with Crippen LogP contribution in [0.25, 0.3) is 0 Å². The number of nitrogens with zero attached hydrogens (tertiary/aromatic N) is 5. The third-order valence-electron chi connectivity index (χ3n) is 8.41. The predicted molar refractivity (Wildman–Crippen MR) is 168 cm³/mol. The fourth-order valence-corrected chi connectivity index (χ4v) is 5.85. The Morgan fingerprint density at radius 2 is 1.64 bits per heavy atom. The van der Waals surface area contributed by atoms with Crippen molar-refractivity contribution in [3.8, 4) is 6.07 Å². The first-order valence-electron chi connectivity index (χ1n) is 15.3. The minimum absolute atomic E-state index is 0.117. The van der Waals surface area contributed by atoms with Gasteiger partial charge in [-0.3, -0.25) is 9.69 Å². The zero-order chi connectivity index (χ0) is 30.3. The molecule has 2 aromatic carbocycles. The molecular weight excluding hydrogens is 526 g/mol. The van der Waals surface area contributed by atoms with E-state index in [0.29, 0.717) is 51.7 Å². The van der Waals surface area contributed by atoms with Gasteiger partial charge in [-0.05, 0) is 83.7 Å². The van der Waals surface area contributed by atoms with Gasteiger partial charge in [0.05, 0.1) is 22.9 Å². The first kappa shape index (κ1) is 31.4. The maximum atomic E-state index is 13.5. The molecule has 0 atom stereocenters. The highest BCUT2D eigenvalue weighted by Crippen LogP contribution is 2.36. The van der Waals surface area contributed by atoms with Gasteiger partial charge < -0.3 is 19.4 Å². The molecule has 0 saturated carbocycles. The summed E-state index contributed by atoms with van der Waals surface area (Å²) in [6, 6.07) is 18.7. The van der Waals surface area contributed by atoms with Crippen molar-refractivity contribution >= 4 is 23.4 Å². The maximum Gasteiger partial charge on any atom is 0.414 e. The van der Waals surface area contributed by atoms with Crippen LogP contribution < -0.4 is 9.80 Å². The van der Waals surface area contributed by atoms with E-state index in [1.165, 1.54) is 0 Å². The van der Waals surface area contributed by atoms with E-state index < -0.39 is 11.0 Å². The molecule has 42 heavy (non-hydrogen) atoms. The molecule has 4 rings (SSSR count). The molecule has 0 spiro atoms. The molecule has 2 aliphatic heterocycles. The number of nitriles is 1. The lowest BCUT2D eigenvalue weighted by Crippen LogP contribution is -2.45. The van der Waals surface area contributed by atoms with Crippen LogP contribution in [0, 0.1) is 18.3 Å². The van der Waals surface area contributed by atoms with E-state index in [1.807, 2.05) is 68.1 Å². The molecule has 2 amide bonds. The maximum absolute atomic E-state index is 13.5. The Balaban J connectivity index is 1.39. The quantitative estimate of drug-likeness (QED) is 0.375. The van der Waals surface area contributed by atoms with E-state index in [0.717, 1.165) is 48.7 Å². The Morgan fingerprint density at radius 3 is 2.26 bits per heavy atom. The van der Waals surface area contributed by atoms with E-state index >= 15 is 0 Å². The van der Waals surface area contributed by atoms with Gasteiger partial charge in [-0.1, -0.05) is 36.4 Å². The number of amides is 2. The van der Waals surface area contributed by atoms with Gasteiger partial charge in [-0.25, -0.2) is 4.79 Å². The van der Waals surface area contributed by atoms with Crippen molar-refractivity contribution in [3.63, 3.8) is 0 Å². The van der Waals surface area contributed by atoms with E-state index in [9.17, 15) is 14.9 Å². The second-order valence-electron chi connectivity index (χ2n) is 12.8. The lowest BCUT2D eigenvalue weighted by atomic mass is 9.74. The zero-order valence-corrected chi connectivity index (χ0v) is 26.1. The number of benzene rings is 2. The minimum Gasteiger partial charge on any atom is -0.443 e. The van der Waals surface area contributed by atoms with Crippen LogP contribution in [-0.2, 0) is 14.9 Å². The summed E-state index contributed by atoms with van der Waals surface area (Å²) in [5, 5.41) is 9.98. The number of hydrogen-bond acceptors (Lipinski definition) is 6. The number of aryl methyl sites for hydroxylation is 1. The molecule has 8 heteroatoms. The van der Waals surface area contributed by atoms with Gasteiger partial charge in [0.15, 0.2) is 0 Å². The van der Waals surface area contributed by atoms with Crippen LogP contribution >= 0.6 is 0 Å². The summed E-state index contributed by atoms with van der Waals surface area (Å²) in [6.45, 7) is 13.1. The zero-order valence-electron chi connectivity index (χ0n) is 26.1. The summed E-state index contributed by atoms with van der Waals surface area (Å²) in [5.74, 6) is 0.117. The molecule has 0 aliphatic carbocycles. The van der Waals surface area contributed by atoms with E-state index in [4.69, 9.17) is 4.74 Å². The number of likely N-dealkylation sites (tertiary alicyclic amines) is 1. The molecule has 0 unspecified atom stereocenters. The van der Waals surface area contributed by atoms with Crippen molar-refractivity contribution in [2.75, 3.05) is 62.7 Å². The van der Waals surface area contributed by atoms with Crippen molar-refractivity contribution in [1.82, 2.24) is 9.80 Å². The molecule has 2 heterocycles. The number of ether oxygens (including phenoxy) is 1. The molecular formula is C34H47N5O3. The lowest BCUT2D eigenvalue weighted by molar-refractivity contribution is -0.132. The van der Waals surface area contributed by atoms with Crippen LogP contribution in [0.3, 0.4) is 0 Å². The second-order valence-corrected chi connectivity index (χ2v) is 12.8. The van der Waals surface area contributed by atoms with Gasteiger partial charge in [0.1, 0.15) is 5.60 Å². The first-order chi connectivity index (χ1) is 20.0. The molecule has 2 saturated heterocycles. The molecule has 0 radical (unpaired) electrons. The van der Waals surface area contributed by atoms with Crippen LogP contribution in [-0.4, -0.2) is 80.3 Å².